The first-order valence-corrected chi connectivity index (χ1v) is 9.54. The quantitative estimate of drug-likeness (QED) is 0.366. The van der Waals surface area contributed by atoms with Crippen LogP contribution in [0.2, 0.25) is 5.02 Å². The summed E-state index contributed by atoms with van der Waals surface area (Å²) < 4.78 is 49.2. The summed E-state index contributed by atoms with van der Waals surface area (Å²) in [4.78, 5) is 23.6. The number of anilines is 1. The minimum absolute atomic E-state index is 0.265. The molecule has 3 rings (SSSR count). The zero-order valence-electron chi connectivity index (χ0n) is 17.1. The average molecular weight is 466 g/mol. The van der Waals surface area contributed by atoms with Gasteiger partial charge in [-0.2, -0.15) is 13.2 Å². The highest BCUT2D eigenvalue weighted by atomic mass is 35.5. The van der Waals surface area contributed by atoms with Gasteiger partial charge in [-0.25, -0.2) is 0 Å². The summed E-state index contributed by atoms with van der Waals surface area (Å²) in [6, 6.07) is 18.8. The van der Waals surface area contributed by atoms with Crippen LogP contribution in [0.25, 0.3) is 0 Å². The number of methoxy groups -OCH3 is 1. The van der Waals surface area contributed by atoms with Gasteiger partial charge in [0.1, 0.15) is 5.75 Å². The first kappa shape index (κ1) is 24.7. The lowest BCUT2D eigenvalue weighted by molar-refractivity contribution is -0.141. The summed E-state index contributed by atoms with van der Waals surface area (Å²) in [5.41, 5.74) is -1.37. The summed E-state index contributed by atoms with van der Waals surface area (Å²) in [6.07, 6.45) is -4.79. The van der Waals surface area contributed by atoms with Crippen LogP contribution in [0.15, 0.2) is 72.8 Å². The normalized spacial score (nSPS) is 10.4. The molecule has 1 amide bonds. The molecule has 0 radical (unpaired) electrons. The second-order valence-corrected chi connectivity index (χ2v) is 6.66. The molecule has 0 unspecified atom stereocenters. The van der Waals surface area contributed by atoms with Crippen molar-refractivity contribution >= 4 is 29.2 Å². The molecule has 0 saturated heterocycles. The minimum atomic E-state index is -4.79. The number of hydrogen-bond donors (Lipinski definition) is 1. The first-order valence-electron chi connectivity index (χ1n) is 9.17. The predicted octanol–water partition coefficient (Wildman–Crippen LogP) is 6.23. The molecule has 0 fully saturated rings. The van der Waals surface area contributed by atoms with Crippen LogP contribution in [-0.2, 0) is 11.0 Å². The maximum atomic E-state index is 13.1. The van der Waals surface area contributed by atoms with Gasteiger partial charge >= 0.3 is 12.1 Å². The van der Waals surface area contributed by atoms with E-state index in [2.05, 4.69) is 10.1 Å². The van der Waals surface area contributed by atoms with Crippen LogP contribution in [0.3, 0.4) is 0 Å². The number of benzene rings is 3. The maximum Gasteiger partial charge on any atom is 0.420 e. The van der Waals surface area contributed by atoms with Crippen molar-refractivity contribution in [3.05, 3.63) is 88.9 Å². The summed E-state index contributed by atoms with van der Waals surface area (Å²) in [7, 11) is 1.39. The Morgan fingerprint density at radius 3 is 2.06 bits per heavy atom. The van der Waals surface area contributed by atoms with Crippen molar-refractivity contribution in [2.45, 2.75) is 13.1 Å². The zero-order valence-corrected chi connectivity index (χ0v) is 17.8. The van der Waals surface area contributed by atoms with Gasteiger partial charge in [0.15, 0.2) is 5.75 Å². The van der Waals surface area contributed by atoms with E-state index in [1.807, 2.05) is 30.3 Å². The maximum absolute atomic E-state index is 13.1. The molecule has 168 valence electrons. The molecule has 5 nitrogen and oxygen atoms in total. The van der Waals surface area contributed by atoms with Crippen molar-refractivity contribution in [1.82, 2.24) is 0 Å². The summed E-state index contributed by atoms with van der Waals surface area (Å²) in [5, 5.41) is 3.24. The van der Waals surface area contributed by atoms with Crippen LogP contribution in [0.5, 0.6) is 11.5 Å². The Balaban J connectivity index is 0.000000439. The fourth-order valence-corrected chi connectivity index (χ4v) is 2.69. The number of nitrogens with one attached hydrogen (secondary N) is 1. The molecule has 0 heterocycles. The minimum Gasteiger partial charge on any atom is -0.495 e. The van der Waals surface area contributed by atoms with E-state index in [9.17, 15) is 22.8 Å². The van der Waals surface area contributed by atoms with Crippen LogP contribution >= 0.6 is 11.6 Å². The standard InChI is InChI=1S/C17H14F3NO4.C6H5Cl/c1-10(22)25-15-11(6-5-7-12(15)17(18,19)20)16(23)21-13-8-3-4-9-14(13)24-2;7-6-4-2-1-3-5-6/h3-9H,1-2H3,(H,21,23);1-5H. The Kier molecular flexibility index (Phi) is 8.66. The average Bonchev–Trinajstić information content (AvgIpc) is 2.74. The molecule has 0 aliphatic rings. The van der Waals surface area contributed by atoms with Crippen LogP contribution in [0.1, 0.15) is 22.8 Å². The third-order valence-electron chi connectivity index (χ3n) is 3.90. The van der Waals surface area contributed by atoms with E-state index in [1.54, 1.807) is 18.2 Å². The Bertz CT molecular complexity index is 1070. The van der Waals surface area contributed by atoms with Gasteiger partial charge < -0.3 is 14.8 Å². The van der Waals surface area contributed by atoms with E-state index in [1.165, 1.54) is 13.2 Å². The molecule has 0 atom stereocenters. The number of halogens is 4. The van der Waals surface area contributed by atoms with E-state index in [0.717, 1.165) is 30.1 Å². The number of carbonyl (C=O) groups excluding carboxylic acids is 2. The van der Waals surface area contributed by atoms with Gasteiger partial charge in [-0.15, -0.1) is 0 Å². The predicted molar refractivity (Wildman–Crippen MR) is 115 cm³/mol. The molecule has 0 spiro atoms. The number of amides is 1. The number of rotatable bonds is 4. The van der Waals surface area contributed by atoms with E-state index in [0.29, 0.717) is 5.75 Å². The largest absolute Gasteiger partial charge is 0.495 e. The van der Waals surface area contributed by atoms with Crippen molar-refractivity contribution in [3.63, 3.8) is 0 Å². The second kappa shape index (κ2) is 11.2. The third kappa shape index (κ3) is 7.02. The summed E-state index contributed by atoms with van der Waals surface area (Å²) in [6.45, 7) is 0.953. The van der Waals surface area contributed by atoms with Crippen molar-refractivity contribution in [3.8, 4) is 11.5 Å². The topological polar surface area (TPSA) is 64.6 Å². The monoisotopic (exact) mass is 465 g/mol. The lowest BCUT2D eigenvalue weighted by Crippen LogP contribution is -2.19. The Labute approximate surface area is 187 Å². The molecule has 0 aliphatic heterocycles. The van der Waals surface area contributed by atoms with E-state index in [-0.39, 0.29) is 5.69 Å². The lowest BCUT2D eigenvalue weighted by Gasteiger charge is -2.16. The number of para-hydroxylation sites is 3. The number of carbonyl (C=O) groups is 2. The van der Waals surface area contributed by atoms with Crippen molar-refractivity contribution in [1.29, 1.82) is 0 Å². The molecule has 3 aromatic rings. The van der Waals surface area contributed by atoms with E-state index >= 15 is 0 Å². The van der Waals surface area contributed by atoms with E-state index < -0.39 is 34.9 Å². The fraction of sp³-hybridized carbons (Fsp3) is 0.130. The summed E-state index contributed by atoms with van der Waals surface area (Å²) in [5.74, 6) is -2.35. The fourth-order valence-electron chi connectivity index (χ4n) is 2.54. The van der Waals surface area contributed by atoms with Gasteiger partial charge in [-0.05, 0) is 36.4 Å². The molecule has 3 aromatic carbocycles. The van der Waals surface area contributed by atoms with Gasteiger partial charge in [0, 0.05) is 11.9 Å². The van der Waals surface area contributed by atoms with Crippen molar-refractivity contribution in [2.75, 3.05) is 12.4 Å². The molecule has 0 saturated carbocycles. The highest BCUT2D eigenvalue weighted by Gasteiger charge is 2.37. The van der Waals surface area contributed by atoms with Crippen molar-refractivity contribution in [2.24, 2.45) is 0 Å². The molecule has 0 aromatic heterocycles. The highest BCUT2D eigenvalue weighted by molar-refractivity contribution is 6.30. The Morgan fingerprint density at radius 1 is 0.906 bits per heavy atom. The van der Waals surface area contributed by atoms with Crippen LogP contribution < -0.4 is 14.8 Å². The second-order valence-electron chi connectivity index (χ2n) is 6.22. The molecule has 32 heavy (non-hydrogen) atoms. The Morgan fingerprint density at radius 2 is 1.53 bits per heavy atom. The number of ether oxygens (including phenoxy) is 2. The molecular weight excluding hydrogens is 447 g/mol. The number of esters is 1. The van der Waals surface area contributed by atoms with Gasteiger partial charge in [-0.3, -0.25) is 9.59 Å². The highest BCUT2D eigenvalue weighted by Crippen LogP contribution is 2.38. The van der Waals surface area contributed by atoms with Crippen molar-refractivity contribution < 1.29 is 32.2 Å². The Hall–Kier alpha value is -3.52. The number of alkyl halides is 3. The van der Waals surface area contributed by atoms with Crippen LogP contribution in [0, 0.1) is 0 Å². The molecule has 0 bridgehead atoms. The van der Waals surface area contributed by atoms with Gasteiger partial charge in [0.2, 0.25) is 0 Å². The van der Waals surface area contributed by atoms with E-state index in [4.69, 9.17) is 16.3 Å². The van der Waals surface area contributed by atoms with Gasteiger partial charge in [-0.1, -0.05) is 48.0 Å². The lowest BCUT2D eigenvalue weighted by atomic mass is 10.1. The SMILES string of the molecule is COc1ccccc1NC(=O)c1cccc(C(F)(F)F)c1OC(C)=O.Clc1ccccc1. The molecular formula is C23H19ClF3NO4. The van der Waals surface area contributed by atoms with Crippen LogP contribution in [0.4, 0.5) is 18.9 Å². The molecule has 9 heteroatoms. The summed E-state index contributed by atoms with van der Waals surface area (Å²) >= 11 is 5.54. The first-order chi connectivity index (χ1) is 15.1. The smallest absolute Gasteiger partial charge is 0.420 e. The third-order valence-corrected chi connectivity index (χ3v) is 4.15. The number of hydrogen-bond acceptors (Lipinski definition) is 4. The van der Waals surface area contributed by atoms with Gasteiger partial charge in [0.05, 0.1) is 23.9 Å². The molecule has 1 N–H and O–H groups in total. The zero-order chi connectivity index (χ0) is 23.7. The van der Waals surface area contributed by atoms with Crippen LogP contribution in [-0.4, -0.2) is 19.0 Å². The van der Waals surface area contributed by atoms with Gasteiger partial charge in [0.25, 0.3) is 5.91 Å². The molecule has 0 aliphatic carbocycles.